The third-order valence-corrected chi connectivity index (χ3v) is 1.57. The second kappa shape index (κ2) is 3.76. The predicted octanol–water partition coefficient (Wildman–Crippen LogP) is 2.79. The highest BCUT2D eigenvalue weighted by atomic mass is 35.5. The van der Waals surface area contributed by atoms with Gasteiger partial charge in [-0.25, -0.2) is 0 Å². The molecule has 1 amide bonds. The van der Waals surface area contributed by atoms with Gasteiger partial charge in [-0.3, -0.25) is 4.79 Å². The Morgan fingerprint density at radius 3 is 2.75 bits per heavy atom. The molecule has 4 nitrogen and oxygen atoms in total. The zero-order valence-electron chi connectivity index (χ0n) is 5.94. The van der Waals surface area contributed by atoms with Crippen LogP contribution in [0.4, 0.5) is 0 Å². The molecule has 0 spiro atoms. The number of halogens is 1. The van der Waals surface area contributed by atoms with Crippen LogP contribution in [0.5, 0.6) is 0 Å². The fourth-order valence-electron chi connectivity index (χ4n) is 0.729. The molecular formula is C7H4ClN3O. The quantitative estimate of drug-likeness (QED) is 0.373. The van der Waals surface area contributed by atoms with E-state index in [0.29, 0.717) is 0 Å². The molecule has 0 saturated carbocycles. The minimum atomic E-state index is -0.664. The summed E-state index contributed by atoms with van der Waals surface area (Å²) in [7, 11) is 0. The lowest BCUT2D eigenvalue weighted by Crippen LogP contribution is -1.93. The summed E-state index contributed by atoms with van der Waals surface area (Å²) in [4.78, 5) is 13.3. The summed E-state index contributed by atoms with van der Waals surface area (Å²) in [6.45, 7) is 0. The van der Waals surface area contributed by atoms with E-state index in [2.05, 4.69) is 10.0 Å². The normalized spacial score (nSPS) is 8.75. The van der Waals surface area contributed by atoms with Crippen molar-refractivity contribution in [2.75, 3.05) is 0 Å². The monoisotopic (exact) mass is 181 g/mol. The zero-order valence-corrected chi connectivity index (χ0v) is 6.69. The van der Waals surface area contributed by atoms with Gasteiger partial charge in [0, 0.05) is 10.5 Å². The smallest absolute Gasteiger partial charge is 0.250 e. The van der Waals surface area contributed by atoms with E-state index in [1.807, 2.05) is 0 Å². The molecule has 0 aliphatic heterocycles. The van der Waals surface area contributed by atoms with Gasteiger partial charge < -0.3 is 0 Å². The lowest BCUT2D eigenvalue weighted by atomic mass is 10.2. The lowest BCUT2D eigenvalue weighted by molar-refractivity contribution is 0.100. The van der Waals surface area contributed by atoms with E-state index in [0.717, 1.165) is 0 Å². The van der Waals surface area contributed by atoms with Crippen molar-refractivity contribution in [2.45, 2.75) is 0 Å². The minimum Gasteiger partial charge on any atom is -0.287 e. The molecule has 5 heteroatoms. The average molecular weight is 182 g/mol. The summed E-state index contributed by atoms with van der Waals surface area (Å²) in [6.07, 6.45) is 0. The summed E-state index contributed by atoms with van der Waals surface area (Å²) in [5.74, 6) is -0.664. The first-order valence-corrected chi connectivity index (χ1v) is 3.47. The van der Waals surface area contributed by atoms with Gasteiger partial charge in [-0.1, -0.05) is 23.7 Å². The van der Waals surface area contributed by atoms with Gasteiger partial charge in [-0.2, -0.15) is 0 Å². The number of carbonyl (C=O) groups is 1. The highest BCUT2D eigenvalue weighted by Crippen LogP contribution is 2.15. The van der Waals surface area contributed by atoms with Crippen LogP contribution in [0.15, 0.2) is 29.4 Å². The Morgan fingerprint density at radius 2 is 2.17 bits per heavy atom. The number of amides is 1. The fraction of sp³-hybridized carbons (Fsp3) is 0. The van der Waals surface area contributed by atoms with Gasteiger partial charge in [0.15, 0.2) is 0 Å². The van der Waals surface area contributed by atoms with Crippen molar-refractivity contribution in [3.05, 3.63) is 45.3 Å². The van der Waals surface area contributed by atoms with Crippen LogP contribution in [0.25, 0.3) is 10.4 Å². The van der Waals surface area contributed by atoms with Gasteiger partial charge in [-0.05, 0) is 22.8 Å². The first-order chi connectivity index (χ1) is 5.75. The molecule has 1 aromatic carbocycles. The molecule has 0 radical (unpaired) electrons. The Bertz CT molecular complexity index is 357. The second-order valence-corrected chi connectivity index (χ2v) is 2.38. The van der Waals surface area contributed by atoms with E-state index in [1.165, 1.54) is 6.07 Å². The average Bonchev–Trinajstić information content (AvgIpc) is 2.05. The summed E-state index contributed by atoms with van der Waals surface area (Å²) >= 11 is 5.65. The molecule has 1 rings (SSSR count). The Morgan fingerprint density at radius 1 is 1.50 bits per heavy atom. The molecule has 60 valence electrons. The number of rotatable bonds is 1. The van der Waals surface area contributed by atoms with Gasteiger partial charge in [-0.15, -0.1) is 0 Å². The van der Waals surface area contributed by atoms with Crippen LogP contribution >= 0.6 is 11.6 Å². The standard InChI is InChI=1S/C7H4ClN3O/c8-6-4-2-1-3-5(6)7(12)10-11-9/h1-4H. The number of carbonyl (C=O) groups excluding carboxylic acids is 1. The van der Waals surface area contributed by atoms with Gasteiger partial charge in [0.1, 0.15) is 0 Å². The van der Waals surface area contributed by atoms with Gasteiger partial charge in [0.05, 0.1) is 5.02 Å². The molecule has 12 heavy (non-hydrogen) atoms. The molecule has 0 fully saturated rings. The van der Waals surface area contributed by atoms with E-state index >= 15 is 0 Å². The zero-order chi connectivity index (χ0) is 8.97. The van der Waals surface area contributed by atoms with Crippen molar-refractivity contribution in [3.63, 3.8) is 0 Å². The van der Waals surface area contributed by atoms with Crippen molar-refractivity contribution in [1.82, 2.24) is 0 Å². The highest BCUT2D eigenvalue weighted by molar-refractivity contribution is 6.33. The van der Waals surface area contributed by atoms with E-state index in [1.54, 1.807) is 18.2 Å². The minimum absolute atomic E-state index is 0.219. The molecular weight excluding hydrogens is 178 g/mol. The topological polar surface area (TPSA) is 65.8 Å². The van der Waals surface area contributed by atoms with Crippen molar-refractivity contribution >= 4 is 17.5 Å². The molecule has 1 aromatic rings. The van der Waals surface area contributed by atoms with Crippen LogP contribution < -0.4 is 0 Å². The largest absolute Gasteiger partial charge is 0.287 e. The van der Waals surface area contributed by atoms with Crippen LogP contribution in [0.3, 0.4) is 0 Å². The number of benzene rings is 1. The van der Waals surface area contributed by atoms with E-state index < -0.39 is 5.91 Å². The van der Waals surface area contributed by atoms with E-state index in [9.17, 15) is 4.79 Å². The summed E-state index contributed by atoms with van der Waals surface area (Å²) < 4.78 is 0. The molecule has 0 aliphatic carbocycles. The first kappa shape index (κ1) is 8.59. The van der Waals surface area contributed by atoms with Crippen LogP contribution in [-0.2, 0) is 0 Å². The molecule has 0 bridgehead atoms. The second-order valence-electron chi connectivity index (χ2n) is 1.97. The highest BCUT2D eigenvalue weighted by Gasteiger charge is 2.05. The summed E-state index contributed by atoms with van der Waals surface area (Å²) in [5, 5.41) is 3.20. The number of hydrogen-bond donors (Lipinski definition) is 0. The van der Waals surface area contributed by atoms with E-state index in [-0.39, 0.29) is 10.6 Å². The molecule has 0 aliphatic rings. The molecule has 0 heterocycles. The maximum atomic E-state index is 11.0. The van der Waals surface area contributed by atoms with Crippen LogP contribution in [-0.4, -0.2) is 5.91 Å². The summed E-state index contributed by atoms with van der Waals surface area (Å²) in [6, 6.07) is 6.39. The lowest BCUT2D eigenvalue weighted by Gasteiger charge is -1.95. The van der Waals surface area contributed by atoms with Crippen LogP contribution in [0.1, 0.15) is 10.4 Å². The molecule has 0 aromatic heterocycles. The number of azide groups is 1. The molecule has 0 atom stereocenters. The maximum absolute atomic E-state index is 11.0. The molecule has 0 N–H and O–H groups in total. The molecule has 0 unspecified atom stereocenters. The Balaban J connectivity index is 3.11. The van der Waals surface area contributed by atoms with Crippen molar-refractivity contribution in [2.24, 2.45) is 5.11 Å². The van der Waals surface area contributed by atoms with Crippen molar-refractivity contribution < 1.29 is 4.79 Å². The number of hydrogen-bond acceptors (Lipinski definition) is 1. The third-order valence-electron chi connectivity index (χ3n) is 1.24. The van der Waals surface area contributed by atoms with Gasteiger partial charge in [0.2, 0.25) is 0 Å². The van der Waals surface area contributed by atoms with Crippen LogP contribution in [0.2, 0.25) is 5.02 Å². The maximum Gasteiger partial charge on any atom is 0.250 e. The Kier molecular flexibility index (Phi) is 2.69. The molecule has 0 saturated heterocycles. The Labute approximate surface area is 73.4 Å². The van der Waals surface area contributed by atoms with Crippen LogP contribution in [0, 0.1) is 0 Å². The number of nitrogens with zero attached hydrogens (tertiary/aromatic N) is 3. The first-order valence-electron chi connectivity index (χ1n) is 3.09. The Hall–Kier alpha value is -1.51. The van der Waals surface area contributed by atoms with E-state index in [4.69, 9.17) is 17.1 Å². The summed E-state index contributed by atoms with van der Waals surface area (Å²) in [5.41, 5.74) is 8.20. The SMILES string of the molecule is [N-]=[N+]=NC(=O)c1ccccc1Cl. The van der Waals surface area contributed by atoms with Gasteiger partial charge in [0.25, 0.3) is 5.91 Å². The predicted molar refractivity (Wildman–Crippen MR) is 44.9 cm³/mol. The van der Waals surface area contributed by atoms with Crippen molar-refractivity contribution in [1.29, 1.82) is 0 Å². The fourth-order valence-corrected chi connectivity index (χ4v) is 0.946. The van der Waals surface area contributed by atoms with Gasteiger partial charge >= 0.3 is 0 Å². The van der Waals surface area contributed by atoms with Crippen molar-refractivity contribution in [3.8, 4) is 0 Å². The third kappa shape index (κ3) is 1.75.